The first-order valence-electron chi connectivity index (χ1n) is 10.4. The Morgan fingerprint density at radius 1 is 1.06 bits per heavy atom. The highest BCUT2D eigenvalue weighted by molar-refractivity contribution is 7.09. The molecule has 2 N–H and O–H groups in total. The molecule has 0 aliphatic heterocycles. The lowest BCUT2D eigenvalue weighted by molar-refractivity contribution is 0.0925. The van der Waals surface area contributed by atoms with Crippen LogP contribution < -0.4 is 15.4 Å². The predicted molar refractivity (Wildman–Crippen MR) is 133 cm³/mol. The molecule has 3 rings (SSSR count). The van der Waals surface area contributed by atoms with Gasteiger partial charge in [0.25, 0.3) is 11.8 Å². The van der Waals surface area contributed by atoms with Crippen molar-refractivity contribution in [1.82, 2.24) is 15.6 Å². The summed E-state index contributed by atoms with van der Waals surface area (Å²) in [6.07, 6.45) is 0. The number of hydrogen-bond donors (Lipinski definition) is 2. The van der Waals surface area contributed by atoms with E-state index in [9.17, 15) is 9.59 Å². The van der Waals surface area contributed by atoms with Crippen molar-refractivity contribution in [2.75, 3.05) is 13.1 Å². The quantitative estimate of drug-likeness (QED) is 0.369. The number of carbonyl (C=O) groups is 2. The summed E-state index contributed by atoms with van der Waals surface area (Å²) >= 11 is 13.2. The summed E-state index contributed by atoms with van der Waals surface area (Å²) in [7, 11) is 0. The third-order valence-electron chi connectivity index (χ3n) is 4.80. The molecule has 33 heavy (non-hydrogen) atoms. The molecule has 0 aliphatic rings. The molecule has 0 unspecified atom stereocenters. The van der Waals surface area contributed by atoms with Crippen LogP contribution in [0.15, 0.2) is 41.8 Å². The Bertz CT molecular complexity index is 1150. The molecule has 0 radical (unpaired) electrons. The minimum Gasteiger partial charge on any atom is -0.486 e. The lowest BCUT2D eigenvalue weighted by atomic mass is 10.0. The van der Waals surface area contributed by atoms with E-state index in [4.69, 9.17) is 27.9 Å². The number of rotatable bonds is 9. The standard InChI is InChI=1S/C24H25Cl2N3O3S/c1-14(2)17-6-4-15(3)10-21(17)32-12-22-29-20(13-33-22)24(31)28-9-8-27-23(30)18-7-5-16(25)11-19(18)26/h4-7,10-11,13-14H,8-9,12H2,1-3H3,(H,27,30)(H,28,31). The van der Waals surface area contributed by atoms with Gasteiger partial charge in [-0.15, -0.1) is 11.3 Å². The van der Waals surface area contributed by atoms with Crippen molar-refractivity contribution in [3.05, 3.63) is 79.2 Å². The van der Waals surface area contributed by atoms with Gasteiger partial charge in [0.2, 0.25) is 0 Å². The molecule has 0 saturated heterocycles. The second kappa shape index (κ2) is 11.5. The van der Waals surface area contributed by atoms with Crippen molar-refractivity contribution in [3.8, 4) is 5.75 Å². The maximum absolute atomic E-state index is 12.4. The van der Waals surface area contributed by atoms with E-state index in [-0.39, 0.29) is 29.9 Å². The van der Waals surface area contributed by atoms with E-state index < -0.39 is 0 Å². The van der Waals surface area contributed by atoms with Gasteiger partial charge in [0, 0.05) is 23.5 Å². The summed E-state index contributed by atoms with van der Waals surface area (Å²) in [5, 5.41) is 8.58. The Morgan fingerprint density at radius 3 is 2.48 bits per heavy atom. The van der Waals surface area contributed by atoms with Gasteiger partial charge in [-0.25, -0.2) is 4.98 Å². The number of carbonyl (C=O) groups excluding carboxylic acids is 2. The SMILES string of the molecule is Cc1ccc(C(C)C)c(OCc2nc(C(=O)NCCNC(=O)c3ccc(Cl)cc3Cl)cs2)c1. The Labute approximate surface area is 207 Å². The highest BCUT2D eigenvalue weighted by atomic mass is 35.5. The molecule has 1 aromatic heterocycles. The summed E-state index contributed by atoms with van der Waals surface area (Å²) in [6, 6.07) is 10.8. The fourth-order valence-electron chi connectivity index (χ4n) is 3.08. The molecule has 1 heterocycles. The number of ether oxygens (including phenoxy) is 1. The molecule has 2 aromatic carbocycles. The second-order valence-electron chi connectivity index (χ2n) is 7.75. The Kier molecular flexibility index (Phi) is 8.72. The first-order chi connectivity index (χ1) is 15.7. The number of hydrogen-bond acceptors (Lipinski definition) is 5. The van der Waals surface area contributed by atoms with E-state index in [0.29, 0.717) is 33.8 Å². The zero-order valence-corrected chi connectivity index (χ0v) is 20.9. The molecule has 6 nitrogen and oxygen atoms in total. The molecule has 9 heteroatoms. The van der Waals surface area contributed by atoms with Crippen molar-refractivity contribution < 1.29 is 14.3 Å². The molecule has 0 bridgehead atoms. The molecule has 0 aliphatic carbocycles. The number of nitrogens with one attached hydrogen (secondary N) is 2. The molecule has 0 fully saturated rings. The molecule has 3 aromatic rings. The van der Waals surface area contributed by atoms with Crippen molar-refractivity contribution in [1.29, 1.82) is 0 Å². The van der Waals surface area contributed by atoms with Crippen molar-refractivity contribution in [2.45, 2.75) is 33.3 Å². The van der Waals surface area contributed by atoms with Crippen LogP contribution in [0.2, 0.25) is 10.0 Å². The van der Waals surface area contributed by atoms with Crippen LogP contribution in [0.5, 0.6) is 5.75 Å². The van der Waals surface area contributed by atoms with E-state index in [1.54, 1.807) is 17.5 Å². The van der Waals surface area contributed by atoms with E-state index in [1.807, 2.05) is 13.0 Å². The van der Waals surface area contributed by atoms with Crippen LogP contribution in [0, 0.1) is 6.92 Å². The molecule has 2 amide bonds. The van der Waals surface area contributed by atoms with Crippen molar-refractivity contribution in [3.63, 3.8) is 0 Å². The van der Waals surface area contributed by atoms with Gasteiger partial charge in [-0.1, -0.05) is 49.2 Å². The number of aromatic nitrogens is 1. The maximum atomic E-state index is 12.4. The van der Waals surface area contributed by atoms with Crippen molar-refractivity contribution in [2.24, 2.45) is 0 Å². The van der Waals surface area contributed by atoms with Crippen LogP contribution in [0.1, 0.15) is 56.7 Å². The largest absolute Gasteiger partial charge is 0.486 e. The van der Waals surface area contributed by atoms with Gasteiger partial charge in [-0.2, -0.15) is 0 Å². The molecule has 0 spiro atoms. The second-order valence-corrected chi connectivity index (χ2v) is 9.53. The van der Waals surface area contributed by atoms with E-state index >= 15 is 0 Å². The average Bonchev–Trinajstić information content (AvgIpc) is 3.24. The first kappa shape index (κ1) is 25.0. The van der Waals surface area contributed by atoms with Crippen LogP contribution in [0.3, 0.4) is 0 Å². The zero-order valence-electron chi connectivity index (χ0n) is 18.6. The van der Waals surface area contributed by atoms with Gasteiger partial charge in [-0.05, 0) is 48.2 Å². The molecule has 0 atom stereocenters. The predicted octanol–water partition coefficient (Wildman–Crippen LogP) is 5.62. The summed E-state index contributed by atoms with van der Waals surface area (Å²) in [5.41, 5.74) is 2.90. The summed E-state index contributed by atoms with van der Waals surface area (Å²) < 4.78 is 5.99. The number of nitrogens with zero attached hydrogens (tertiary/aromatic N) is 1. The van der Waals surface area contributed by atoms with Crippen LogP contribution in [-0.4, -0.2) is 29.9 Å². The number of benzene rings is 2. The van der Waals surface area contributed by atoms with Crippen LogP contribution in [0.4, 0.5) is 0 Å². The van der Waals surface area contributed by atoms with Gasteiger partial charge in [0.15, 0.2) is 0 Å². The maximum Gasteiger partial charge on any atom is 0.270 e. The zero-order chi connectivity index (χ0) is 24.0. The molecular formula is C24H25Cl2N3O3S. The normalized spacial score (nSPS) is 10.8. The van der Waals surface area contributed by atoms with E-state index in [0.717, 1.165) is 16.9 Å². The monoisotopic (exact) mass is 505 g/mol. The Balaban J connectivity index is 1.47. The fraction of sp³-hybridized carbons (Fsp3) is 0.292. The minimum atomic E-state index is -0.337. The number of thiazole rings is 1. The lowest BCUT2D eigenvalue weighted by Crippen LogP contribution is -2.34. The Hall–Kier alpha value is -2.61. The Morgan fingerprint density at radius 2 is 1.79 bits per heavy atom. The van der Waals surface area contributed by atoms with Crippen molar-refractivity contribution >= 4 is 46.4 Å². The summed E-state index contributed by atoms with van der Waals surface area (Å²) in [6.45, 7) is 7.05. The number of amides is 2. The van der Waals surface area contributed by atoms with Gasteiger partial charge < -0.3 is 15.4 Å². The van der Waals surface area contributed by atoms with Crippen LogP contribution in [0.25, 0.3) is 0 Å². The third-order valence-corrected chi connectivity index (χ3v) is 6.17. The minimum absolute atomic E-state index is 0.245. The third kappa shape index (κ3) is 6.93. The topological polar surface area (TPSA) is 80.3 Å². The molecule has 0 saturated carbocycles. The van der Waals surface area contributed by atoms with Crippen LogP contribution in [-0.2, 0) is 6.61 Å². The summed E-state index contributed by atoms with van der Waals surface area (Å²) in [5.74, 6) is 0.530. The van der Waals surface area contributed by atoms with Gasteiger partial charge in [0.05, 0.1) is 10.6 Å². The first-order valence-corrected chi connectivity index (χ1v) is 12.1. The molecule has 174 valence electrons. The fourth-order valence-corrected chi connectivity index (χ4v) is 4.26. The van der Waals surface area contributed by atoms with Gasteiger partial charge >= 0.3 is 0 Å². The van der Waals surface area contributed by atoms with Crippen LogP contribution >= 0.6 is 34.5 Å². The summed E-state index contributed by atoms with van der Waals surface area (Å²) in [4.78, 5) is 28.9. The molecular weight excluding hydrogens is 481 g/mol. The van der Waals surface area contributed by atoms with E-state index in [1.165, 1.54) is 17.4 Å². The van der Waals surface area contributed by atoms with E-state index in [2.05, 4.69) is 41.6 Å². The lowest BCUT2D eigenvalue weighted by Gasteiger charge is -2.14. The highest BCUT2D eigenvalue weighted by Gasteiger charge is 2.14. The van der Waals surface area contributed by atoms with Gasteiger partial charge in [0.1, 0.15) is 23.1 Å². The smallest absolute Gasteiger partial charge is 0.270 e. The number of aryl methyl sites for hydroxylation is 1. The average molecular weight is 506 g/mol. The highest BCUT2D eigenvalue weighted by Crippen LogP contribution is 2.28. The number of halogens is 2. The van der Waals surface area contributed by atoms with Gasteiger partial charge in [-0.3, -0.25) is 9.59 Å².